The summed E-state index contributed by atoms with van der Waals surface area (Å²) in [6, 6.07) is 0. The van der Waals surface area contributed by atoms with Gasteiger partial charge in [0.15, 0.2) is 0 Å². The summed E-state index contributed by atoms with van der Waals surface area (Å²) in [6.07, 6.45) is 17.3. The average molecular weight is 405 g/mol. The third-order valence-electron chi connectivity index (χ3n) is 3.01. The molecule has 0 saturated carbocycles. The molecule has 0 amide bonds. The van der Waals surface area contributed by atoms with Crippen molar-refractivity contribution in [1.29, 1.82) is 0 Å². The molecule has 0 spiro atoms. The summed E-state index contributed by atoms with van der Waals surface area (Å²) in [6.45, 7) is 13.3. The van der Waals surface area contributed by atoms with Gasteiger partial charge in [-0.1, -0.05) is 41.5 Å². The van der Waals surface area contributed by atoms with E-state index in [1.807, 2.05) is 0 Å². The Hall–Kier alpha value is 0.423. The number of rotatable bonds is 0. The fourth-order valence-corrected chi connectivity index (χ4v) is 1.84. The summed E-state index contributed by atoms with van der Waals surface area (Å²) in [5.41, 5.74) is 3.30. The van der Waals surface area contributed by atoms with Gasteiger partial charge in [0.25, 0.3) is 0 Å². The summed E-state index contributed by atoms with van der Waals surface area (Å²) in [5.74, 6) is 0. The molecule has 2 aliphatic rings. The zero-order valence-corrected chi connectivity index (χ0v) is 17.9. The molecule has 0 radical (unpaired) electrons. The van der Waals surface area contributed by atoms with Crippen molar-refractivity contribution in [1.82, 2.24) is 0 Å². The molecule has 0 N–H and O–H groups in total. The maximum Gasteiger partial charge on any atom is 4.00 e. The molecule has 0 saturated heterocycles. The van der Waals surface area contributed by atoms with E-state index in [0.717, 1.165) is 12.8 Å². The second-order valence-corrected chi connectivity index (χ2v) is 6.89. The molecule has 3 heteroatoms. The van der Waals surface area contributed by atoms with Gasteiger partial charge >= 0.3 is 26.2 Å². The van der Waals surface area contributed by atoms with Crippen molar-refractivity contribution in [3.8, 4) is 0 Å². The van der Waals surface area contributed by atoms with E-state index in [9.17, 15) is 0 Å². The Labute approximate surface area is 163 Å². The first-order valence-electron chi connectivity index (χ1n) is 6.77. The minimum absolute atomic E-state index is 0. The zero-order chi connectivity index (χ0) is 13.8. The van der Waals surface area contributed by atoms with E-state index in [4.69, 9.17) is 0 Å². The van der Waals surface area contributed by atoms with E-state index in [1.165, 1.54) is 11.1 Å². The van der Waals surface area contributed by atoms with E-state index in [1.54, 1.807) is 0 Å². The minimum atomic E-state index is 0. The predicted molar refractivity (Wildman–Crippen MR) is 79.9 cm³/mol. The van der Waals surface area contributed by atoms with Crippen molar-refractivity contribution in [3.63, 3.8) is 0 Å². The Morgan fingerprint density at radius 3 is 1.10 bits per heavy atom. The Balaban J connectivity index is -0.000000270. The summed E-state index contributed by atoms with van der Waals surface area (Å²) in [7, 11) is 0. The first-order valence-corrected chi connectivity index (χ1v) is 6.77. The maximum absolute atomic E-state index is 3.30. The molecule has 0 aromatic rings. The SMILES string of the molecule is CC(C)(C)C1=[C-]CC=C1.CC(C)(C)C1=[C-]CC=C1.[Cl-].[Cl-].[Zr+4]. The van der Waals surface area contributed by atoms with Crippen LogP contribution < -0.4 is 24.8 Å². The number of allylic oxidation sites excluding steroid dienone is 8. The third kappa shape index (κ3) is 9.93. The van der Waals surface area contributed by atoms with Gasteiger partial charge < -0.3 is 24.8 Å². The van der Waals surface area contributed by atoms with Gasteiger partial charge in [0.05, 0.1) is 0 Å². The minimum Gasteiger partial charge on any atom is -1.00 e. The normalized spacial score (nSPS) is 15.7. The maximum atomic E-state index is 3.30. The van der Waals surface area contributed by atoms with Crippen molar-refractivity contribution in [3.05, 3.63) is 47.6 Å². The summed E-state index contributed by atoms with van der Waals surface area (Å²) < 4.78 is 0. The van der Waals surface area contributed by atoms with Crippen LogP contribution >= 0.6 is 0 Å². The van der Waals surface area contributed by atoms with Gasteiger partial charge in [0, 0.05) is 0 Å². The van der Waals surface area contributed by atoms with Crippen LogP contribution in [0.2, 0.25) is 0 Å². The van der Waals surface area contributed by atoms with Crippen LogP contribution in [0, 0.1) is 23.0 Å². The number of hydrogen-bond donors (Lipinski definition) is 0. The van der Waals surface area contributed by atoms with Crippen LogP contribution in [0.3, 0.4) is 0 Å². The molecule has 21 heavy (non-hydrogen) atoms. The van der Waals surface area contributed by atoms with Crippen molar-refractivity contribution in [2.75, 3.05) is 0 Å². The van der Waals surface area contributed by atoms with Gasteiger partial charge in [-0.3, -0.25) is 12.2 Å². The second-order valence-electron chi connectivity index (χ2n) is 6.89. The van der Waals surface area contributed by atoms with Crippen molar-refractivity contribution in [2.45, 2.75) is 54.4 Å². The summed E-state index contributed by atoms with van der Waals surface area (Å²) >= 11 is 0. The Morgan fingerprint density at radius 2 is 1.00 bits per heavy atom. The van der Waals surface area contributed by atoms with Crippen LogP contribution in [0.25, 0.3) is 0 Å². The largest absolute Gasteiger partial charge is 4.00 e. The molecule has 0 bridgehead atoms. The van der Waals surface area contributed by atoms with Gasteiger partial charge in [-0.2, -0.15) is 12.2 Å². The molecule has 0 nitrogen and oxygen atoms in total. The van der Waals surface area contributed by atoms with Crippen LogP contribution in [-0.2, 0) is 26.2 Å². The molecule has 0 heterocycles. The predicted octanol–water partition coefficient (Wildman–Crippen LogP) is -0.551. The third-order valence-corrected chi connectivity index (χ3v) is 3.01. The molecule has 116 valence electrons. The van der Waals surface area contributed by atoms with Gasteiger partial charge in [-0.25, -0.2) is 23.3 Å². The average Bonchev–Trinajstić information content (AvgIpc) is 2.91. The standard InChI is InChI=1S/2C9H13.2ClH.Zr/c2*1-9(2,3)8-6-4-5-7-8;;;/h2*4,6H,5H2,1-3H3;2*1H;/q2*-1;;;+4/p-2. The summed E-state index contributed by atoms with van der Waals surface area (Å²) in [5, 5.41) is 0. The first kappa shape index (κ1) is 26.3. The number of hydrogen-bond acceptors (Lipinski definition) is 0. The Bertz CT molecular complexity index is 362. The Morgan fingerprint density at radius 1 is 0.714 bits per heavy atom. The molecular weight excluding hydrogens is 378 g/mol. The molecule has 0 aromatic carbocycles. The first-order chi connectivity index (χ1) is 8.21. The van der Waals surface area contributed by atoms with Crippen molar-refractivity contribution < 1.29 is 51.0 Å². The fraction of sp³-hybridized carbons (Fsp3) is 0.556. The van der Waals surface area contributed by atoms with Gasteiger partial charge in [0.2, 0.25) is 0 Å². The molecule has 2 rings (SSSR count). The molecule has 0 unspecified atom stereocenters. The molecule has 0 aromatic heterocycles. The van der Waals surface area contributed by atoms with Crippen molar-refractivity contribution in [2.24, 2.45) is 10.8 Å². The smallest absolute Gasteiger partial charge is 1.00 e. The van der Waals surface area contributed by atoms with E-state index in [0.29, 0.717) is 10.8 Å². The topological polar surface area (TPSA) is 0 Å². The molecular formula is C18H26Cl2Zr. The monoisotopic (exact) mass is 402 g/mol. The Kier molecular flexibility index (Phi) is 13.8. The molecule has 0 fully saturated rings. The van der Waals surface area contributed by atoms with E-state index < -0.39 is 0 Å². The molecule has 2 aliphatic carbocycles. The number of halogens is 2. The van der Waals surface area contributed by atoms with Crippen molar-refractivity contribution >= 4 is 0 Å². The van der Waals surface area contributed by atoms with Crippen LogP contribution in [-0.4, -0.2) is 0 Å². The zero-order valence-electron chi connectivity index (χ0n) is 14.0. The molecule has 0 aliphatic heterocycles. The van der Waals surface area contributed by atoms with Crippen LogP contribution in [0.15, 0.2) is 35.5 Å². The van der Waals surface area contributed by atoms with Gasteiger partial charge in [-0.15, -0.1) is 12.8 Å². The van der Waals surface area contributed by atoms with Crippen LogP contribution in [0.4, 0.5) is 0 Å². The van der Waals surface area contributed by atoms with E-state index >= 15 is 0 Å². The van der Waals surface area contributed by atoms with E-state index in [2.05, 4.69) is 78.0 Å². The van der Waals surface area contributed by atoms with Gasteiger partial charge in [0.1, 0.15) is 0 Å². The molecule has 0 atom stereocenters. The fourth-order valence-electron chi connectivity index (χ4n) is 1.84. The van der Waals surface area contributed by atoms with E-state index in [-0.39, 0.29) is 51.0 Å². The van der Waals surface area contributed by atoms with Crippen LogP contribution in [0.1, 0.15) is 54.4 Å². The second kappa shape index (κ2) is 11.0. The van der Waals surface area contributed by atoms with Crippen LogP contribution in [0.5, 0.6) is 0 Å². The van der Waals surface area contributed by atoms with Gasteiger partial charge in [-0.05, 0) is 10.8 Å². The quantitative estimate of drug-likeness (QED) is 0.476. The summed E-state index contributed by atoms with van der Waals surface area (Å²) in [4.78, 5) is 0.